The Balaban J connectivity index is 1.64. The van der Waals surface area contributed by atoms with Crippen molar-refractivity contribution in [2.24, 2.45) is 5.11 Å². The first kappa shape index (κ1) is 41.1. The fraction of sp³-hybridized carbons (Fsp3) is 0.517. The van der Waals surface area contributed by atoms with Crippen LogP contribution in [0, 0.1) is 0 Å². The molecule has 22 heteroatoms. The third kappa shape index (κ3) is 14.1. The maximum absolute atomic E-state index is 12.9. The normalized spacial score (nSPS) is 20.1. The Morgan fingerprint density at radius 1 is 0.902 bits per heavy atom. The maximum Gasteiger partial charge on any atom is 0.501 e. The fourth-order valence-corrected chi connectivity index (χ4v) is 4.89. The fourth-order valence-electron chi connectivity index (χ4n) is 4.16. The van der Waals surface area contributed by atoms with Gasteiger partial charge in [0.2, 0.25) is 6.29 Å². The molecule has 0 bridgehead atoms. The minimum atomic E-state index is -4.97. The van der Waals surface area contributed by atoms with E-state index in [1.807, 2.05) is 0 Å². The van der Waals surface area contributed by atoms with Gasteiger partial charge in [-0.15, -0.1) is 12.8 Å². The molecule has 20 nitrogen and oxygen atoms in total. The van der Waals surface area contributed by atoms with E-state index in [0.717, 1.165) is 24.3 Å². The van der Waals surface area contributed by atoms with Gasteiger partial charge in [-0.05, 0) is 41.4 Å². The molecule has 51 heavy (non-hydrogen) atoms. The van der Waals surface area contributed by atoms with Crippen molar-refractivity contribution in [3.05, 3.63) is 64.0 Å². The van der Waals surface area contributed by atoms with Crippen molar-refractivity contribution in [2.45, 2.75) is 37.3 Å². The lowest BCUT2D eigenvalue weighted by atomic mass is 9.99. The van der Waals surface area contributed by atoms with Crippen LogP contribution in [0.3, 0.4) is 0 Å². The second kappa shape index (κ2) is 21.1. The van der Waals surface area contributed by atoms with Crippen molar-refractivity contribution in [3.63, 3.8) is 0 Å². The average Bonchev–Trinajstić information content (AvgIpc) is 3.10. The zero-order valence-corrected chi connectivity index (χ0v) is 27.6. The minimum Gasteiger partial charge on any atom is -0.458 e. The lowest BCUT2D eigenvalue weighted by molar-refractivity contribution is -0.277. The molecular weight excluding hydrogens is 711 g/mol. The van der Waals surface area contributed by atoms with Crippen LogP contribution in [0.4, 0.5) is 9.18 Å². The Morgan fingerprint density at radius 3 is 2.22 bits per heavy atom. The van der Waals surface area contributed by atoms with E-state index in [0.29, 0.717) is 18.8 Å². The van der Waals surface area contributed by atoms with E-state index in [2.05, 4.69) is 20.1 Å². The first-order chi connectivity index (χ1) is 24.4. The van der Waals surface area contributed by atoms with Gasteiger partial charge in [0.05, 0.1) is 46.2 Å². The number of halogens is 1. The zero-order chi connectivity index (χ0) is 37.2. The highest BCUT2D eigenvalue weighted by molar-refractivity contribution is 7.82. The summed E-state index contributed by atoms with van der Waals surface area (Å²) in [5.74, 6) is -1.99. The quantitative estimate of drug-likeness (QED) is 0.0355. The highest BCUT2D eigenvalue weighted by atomic mass is 32.3. The van der Waals surface area contributed by atoms with Crippen molar-refractivity contribution < 1.29 is 79.6 Å². The van der Waals surface area contributed by atoms with Crippen LogP contribution in [-0.2, 0) is 40.7 Å². The van der Waals surface area contributed by atoms with Crippen LogP contribution >= 0.6 is 0 Å². The number of azide groups is 1. The third-order valence-electron chi connectivity index (χ3n) is 6.64. The number of carbonyl (C=O) groups is 2. The molecule has 0 saturated carbocycles. The molecule has 0 radical (unpaired) electrons. The van der Waals surface area contributed by atoms with Crippen molar-refractivity contribution in [1.82, 2.24) is 5.32 Å². The molecule has 3 rings (SSSR count). The largest absolute Gasteiger partial charge is 0.501 e. The van der Waals surface area contributed by atoms with Crippen molar-refractivity contribution in [1.29, 1.82) is 0 Å². The molecule has 2 aromatic rings. The number of ether oxygens (including phenoxy) is 6. The average molecular weight is 749 g/mol. The summed E-state index contributed by atoms with van der Waals surface area (Å²) in [6.07, 6.45) is -10.5. The molecular formula is C29H37FN4O16S. The van der Waals surface area contributed by atoms with Gasteiger partial charge in [0.25, 0.3) is 5.91 Å². The number of hydrogen-bond acceptors (Lipinski definition) is 17. The summed E-state index contributed by atoms with van der Waals surface area (Å²) >= 11 is 0. The molecule has 1 unspecified atom stereocenters. The van der Waals surface area contributed by atoms with E-state index >= 15 is 0 Å². The number of nitrogens with zero attached hydrogens (tertiary/aromatic N) is 3. The molecule has 1 saturated heterocycles. The Bertz CT molecular complexity index is 1560. The second-order valence-electron chi connectivity index (χ2n) is 10.3. The van der Waals surface area contributed by atoms with E-state index < -0.39 is 77.9 Å². The molecule has 1 amide bonds. The predicted molar refractivity (Wildman–Crippen MR) is 168 cm³/mol. The monoisotopic (exact) mass is 748 g/mol. The molecule has 5 atom stereocenters. The highest BCUT2D eigenvalue weighted by Crippen LogP contribution is 2.34. The van der Waals surface area contributed by atoms with Gasteiger partial charge in [0.1, 0.15) is 36.8 Å². The number of hydrogen-bond donors (Lipinski definition) is 5. The summed E-state index contributed by atoms with van der Waals surface area (Å²) in [6, 6.07) is 8.21. The number of carbonyl (C=O) groups excluding carboxylic acids is 2. The van der Waals surface area contributed by atoms with E-state index in [1.165, 1.54) is 18.2 Å². The van der Waals surface area contributed by atoms with Gasteiger partial charge in [-0.2, -0.15) is 0 Å². The van der Waals surface area contributed by atoms with Crippen molar-refractivity contribution in [2.75, 3.05) is 59.3 Å². The van der Waals surface area contributed by atoms with Gasteiger partial charge in [0, 0.05) is 23.6 Å². The van der Waals surface area contributed by atoms with Crippen LogP contribution in [0.15, 0.2) is 47.6 Å². The van der Waals surface area contributed by atoms with E-state index in [1.54, 1.807) is 0 Å². The summed E-state index contributed by atoms with van der Waals surface area (Å²) in [7, 11) is -4.97. The summed E-state index contributed by atoms with van der Waals surface area (Å²) in [5.41, 5.74) is 8.38. The minimum absolute atomic E-state index is 0.0442. The first-order valence-electron chi connectivity index (χ1n) is 15.1. The molecule has 0 aliphatic carbocycles. The molecule has 1 fully saturated rings. The lowest BCUT2D eigenvalue weighted by Gasteiger charge is -2.39. The third-order valence-corrected chi connectivity index (χ3v) is 7.42. The molecule has 5 N–H and O–H groups in total. The lowest BCUT2D eigenvalue weighted by Crippen LogP contribution is -2.60. The van der Waals surface area contributed by atoms with E-state index in [4.69, 9.17) is 37.6 Å². The molecule has 0 spiro atoms. The molecule has 1 aliphatic rings. The van der Waals surface area contributed by atoms with Gasteiger partial charge in [-0.25, -0.2) is 4.79 Å². The Kier molecular flexibility index (Phi) is 17.0. The molecule has 282 valence electrons. The highest BCUT2D eigenvalue weighted by Gasteiger charge is 2.45. The van der Waals surface area contributed by atoms with Crippen LogP contribution in [0.25, 0.3) is 10.4 Å². The van der Waals surface area contributed by atoms with Crippen molar-refractivity contribution >= 4 is 22.5 Å². The van der Waals surface area contributed by atoms with Crippen LogP contribution in [0.2, 0.25) is 0 Å². The molecule has 1 aliphatic heterocycles. The SMILES string of the molecule is [N-]=[N+]=NCCOCCOCCOCCNC(=O)c1ccc(OC2O[C@H](CO)[C@H](O)[C@H](O)[C@H]2O)c(OS(=O)(=O)Oc2ccc(COC(=O)F)cc2)c1. The Morgan fingerprint density at radius 2 is 1.57 bits per heavy atom. The van der Waals surface area contributed by atoms with Gasteiger partial charge < -0.3 is 62.5 Å². The van der Waals surface area contributed by atoms with E-state index in [9.17, 15) is 42.8 Å². The number of aliphatic hydroxyl groups is 4. The van der Waals surface area contributed by atoms with Gasteiger partial charge in [-0.3, -0.25) is 4.79 Å². The summed E-state index contributed by atoms with van der Waals surface area (Å²) in [5, 5.41) is 46.0. The standard InChI is InChI=1S/C29H37FN4O16S/c30-29(40)46-17-18-1-4-20(5-2-18)49-51(41,42)50-22-15-19(3-6-21(22)47-28-26(38)25(37)24(36)23(16-35)48-28)27(39)32-7-9-43-11-13-45-14-12-44-10-8-33-34-31/h1-6,15,23-26,28,35-38H,7-14,16-17H2,(H,32,39)/t23-,24+,25+,26-,28?/m1/s1. The van der Waals surface area contributed by atoms with Gasteiger partial charge >= 0.3 is 16.6 Å². The first-order valence-corrected chi connectivity index (χ1v) is 16.5. The smallest absolute Gasteiger partial charge is 0.458 e. The molecule has 0 aromatic heterocycles. The molecule has 2 aromatic carbocycles. The Hall–Kier alpha value is -4.35. The second-order valence-corrected chi connectivity index (χ2v) is 11.4. The number of benzene rings is 2. The summed E-state index contributed by atoms with van der Waals surface area (Å²) in [6.45, 7) is 0.498. The van der Waals surface area contributed by atoms with Gasteiger partial charge in [0.15, 0.2) is 11.5 Å². The summed E-state index contributed by atoms with van der Waals surface area (Å²) in [4.78, 5) is 25.9. The number of nitrogens with one attached hydrogen (secondary N) is 1. The molecule has 1 heterocycles. The van der Waals surface area contributed by atoms with Crippen LogP contribution < -0.4 is 18.4 Å². The van der Waals surface area contributed by atoms with Crippen LogP contribution in [0.1, 0.15) is 15.9 Å². The Labute approximate surface area is 290 Å². The van der Waals surface area contributed by atoms with Gasteiger partial charge in [-0.1, -0.05) is 17.2 Å². The summed E-state index contributed by atoms with van der Waals surface area (Å²) < 4.78 is 79.2. The maximum atomic E-state index is 12.9. The van der Waals surface area contributed by atoms with Crippen LogP contribution in [-0.4, -0.2) is 131 Å². The predicted octanol–water partition coefficient (Wildman–Crippen LogP) is 0.264. The topological polar surface area (TPSA) is 284 Å². The van der Waals surface area contributed by atoms with E-state index in [-0.39, 0.29) is 50.8 Å². The van der Waals surface area contributed by atoms with Crippen molar-refractivity contribution in [3.8, 4) is 17.2 Å². The number of rotatable bonds is 22. The van der Waals surface area contributed by atoms with Crippen LogP contribution in [0.5, 0.6) is 17.2 Å². The number of amides is 1. The number of aliphatic hydroxyl groups excluding tert-OH is 4. The zero-order valence-electron chi connectivity index (χ0n) is 26.8.